The lowest BCUT2D eigenvalue weighted by molar-refractivity contribution is -0.176. The number of nitrogens with one attached hydrogen (secondary N) is 4. The quantitative estimate of drug-likeness (QED) is 0.199. The predicted octanol–water partition coefficient (Wildman–Crippen LogP) is 1.16. The molecule has 2 aliphatic rings. The lowest BCUT2D eigenvalue weighted by Gasteiger charge is -2.38. The minimum Gasteiger partial charge on any atom is -0.358 e. The molecule has 2 rings (SSSR count). The molecule has 5 amide bonds. The van der Waals surface area contributed by atoms with E-state index in [9.17, 15) is 42.4 Å². The molecule has 0 spiro atoms. The van der Waals surface area contributed by atoms with E-state index < -0.39 is 59.3 Å². The average Bonchev–Trinajstić information content (AvgIpc) is 3.46. The standard InChI is InChI=1S/C27H39F3N6O5/c1-15(2)6-7-17-8-9-36(20(17)23(39)34-18(11-31)10-19-16(3)12-33-22(19)38)24(40)21(26(4,5)13-32-14-37)35-25(41)27(28,29)30/h6,14,16-21H,7-10,12-13H2,1-5H3,(H,32,37)(H,33,38)(H,34,39)(H,35,41)/t16-,17-,18?,19+,20-,21+/m0/s1. The first-order valence-electron chi connectivity index (χ1n) is 13.5. The van der Waals surface area contributed by atoms with E-state index in [0.29, 0.717) is 25.8 Å². The summed E-state index contributed by atoms with van der Waals surface area (Å²) < 4.78 is 39.6. The number of hydrogen-bond acceptors (Lipinski definition) is 6. The maximum absolute atomic E-state index is 13.9. The van der Waals surface area contributed by atoms with Crippen LogP contribution in [0.3, 0.4) is 0 Å². The maximum atomic E-state index is 13.9. The van der Waals surface area contributed by atoms with Crippen LogP contribution in [0.25, 0.3) is 0 Å². The minimum atomic E-state index is -5.27. The van der Waals surface area contributed by atoms with Crippen molar-refractivity contribution in [3.63, 3.8) is 0 Å². The van der Waals surface area contributed by atoms with E-state index >= 15 is 0 Å². The Morgan fingerprint density at radius 3 is 2.39 bits per heavy atom. The van der Waals surface area contributed by atoms with Crippen molar-refractivity contribution in [3.05, 3.63) is 11.6 Å². The number of nitrogens with zero attached hydrogens (tertiary/aromatic N) is 2. The maximum Gasteiger partial charge on any atom is 0.471 e. The van der Waals surface area contributed by atoms with Crippen molar-refractivity contribution in [1.29, 1.82) is 5.26 Å². The van der Waals surface area contributed by atoms with Crippen LogP contribution in [0, 0.1) is 34.5 Å². The summed E-state index contributed by atoms with van der Waals surface area (Å²) in [5.74, 6) is -5.11. The third kappa shape index (κ3) is 8.68. The second-order valence-electron chi connectivity index (χ2n) is 11.7. The van der Waals surface area contributed by atoms with Gasteiger partial charge in [-0.25, -0.2) is 0 Å². The smallest absolute Gasteiger partial charge is 0.358 e. The molecular weight excluding hydrogens is 545 g/mol. The molecule has 0 aromatic heterocycles. The fourth-order valence-corrected chi connectivity index (χ4v) is 5.26. The highest BCUT2D eigenvalue weighted by Gasteiger charge is 2.50. The van der Waals surface area contributed by atoms with Crippen molar-refractivity contribution < 1.29 is 37.1 Å². The Hall–Kier alpha value is -3.63. The molecule has 2 aliphatic heterocycles. The average molecular weight is 585 g/mol. The second-order valence-corrected chi connectivity index (χ2v) is 11.7. The summed E-state index contributed by atoms with van der Waals surface area (Å²) in [5.41, 5.74) is -0.416. The summed E-state index contributed by atoms with van der Waals surface area (Å²) >= 11 is 0. The van der Waals surface area contributed by atoms with Gasteiger partial charge in [-0.15, -0.1) is 0 Å². The van der Waals surface area contributed by atoms with Gasteiger partial charge in [-0.1, -0.05) is 32.4 Å². The van der Waals surface area contributed by atoms with Crippen LogP contribution >= 0.6 is 0 Å². The highest BCUT2D eigenvalue weighted by atomic mass is 19.4. The van der Waals surface area contributed by atoms with E-state index in [2.05, 4.69) is 16.0 Å². The first kappa shape index (κ1) is 33.6. The number of allylic oxidation sites excluding steroid dienone is 2. The molecule has 0 bridgehead atoms. The van der Waals surface area contributed by atoms with E-state index in [1.807, 2.05) is 32.9 Å². The molecule has 6 atom stereocenters. The summed E-state index contributed by atoms with van der Waals surface area (Å²) in [7, 11) is 0. The van der Waals surface area contributed by atoms with Gasteiger partial charge < -0.3 is 26.2 Å². The predicted molar refractivity (Wildman–Crippen MR) is 141 cm³/mol. The van der Waals surface area contributed by atoms with Crippen LogP contribution in [-0.4, -0.2) is 78.9 Å². The lowest BCUT2D eigenvalue weighted by atomic mass is 9.82. The van der Waals surface area contributed by atoms with Crippen LogP contribution in [0.2, 0.25) is 0 Å². The third-order valence-electron chi connectivity index (χ3n) is 7.69. The SMILES string of the molecule is CC(C)=CC[C@H]1CCN(C(=O)[C@@H](NC(=O)C(F)(F)F)C(C)(C)CNC=O)[C@@H]1C(=O)NC(C#N)C[C@H]1C(=O)NC[C@@H]1C. The van der Waals surface area contributed by atoms with Crippen molar-refractivity contribution in [2.75, 3.05) is 19.6 Å². The monoisotopic (exact) mass is 584 g/mol. The fraction of sp³-hybridized carbons (Fsp3) is 0.704. The topological polar surface area (TPSA) is 160 Å². The third-order valence-corrected chi connectivity index (χ3v) is 7.69. The molecule has 41 heavy (non-hydrogen) atoms. The first-order chi connectivity index (χ1) is 19.0. The molecule has 2 saturated heterocycles. The van der Waals surface area contributed by atoms with Gasteiger partial charge in [-0.05, 0) is 44.9 Å². The van der Waals surface area contributed by atoms with E-state index in [1.54, 1.807) is 5.32 Å². The van der Waals surface area contributed by atoms with E-state index in [-0.39, 0.29) is 31.3 Å². The van der Waals surface area contributed by atoms with Crippen molar-refractivity contribution in [2.45, 2.75) is 78.2 Å². The normalized spacial score (nSPS) is 24.0. The Morgan fingerprint density at radius 1 is 1.22 bits per heavy atom. The Balaban J connectivity index is 2.40. The number of hydrogen-bond donors (Lipinski definition) is 4. The number of rotatable bonds is 12. The van der Waals surface area contributed by atoms with Gasteiger partial charge in [0.25, 0.3) is 0 Å². The molecule has 228 valence electrons. The minimum absolute atomic E-state index is 0.0209. The Morgan fingerprint density at radius 2 is 1.88 bits per heavy atom. The second kappa shape index (κ2) is 13.8. The summed E-state index contributed by atoms with van der Waals surface area (Å²) in [5, 5.41) is 19.2. The Bertz CT molecular complexity index is 1080. The van der Waals surface area contributed by atoms with Crippen LogP contribution in [0.4, 0.5) is 13.2 Å². The number of carbonyl (C=O) groups excluding carboxylic acids is 5. The highest BCUT2D eigenvalue weighted by Crippen LogP contribution is 2.33. The summed E-state index contributed by atoms with van der Waals surface area (Å²) in [6.45, 7) is 8.62. The van der Waals surface area contributed by atoms with Crippen molar-refractivity contribution >= 4 is 30.0 Å². The zero-order valence-electron chi connectivity index (χ0n) is 23.9. The van der Waals surface area contributed by atoms with Crippen LogP contribution in [0.5, 0.6) is 0 Å². The van der Waals surface area contributed by atoms with Gasteiger partial charge in [0.2, 0.25) is 24.1 Å². The molecule has 0 radical (unpaired) electrons. The zero-order valence-corrected chi connectivity index (χ0v) is 23.9. The van der Waals surface area contributed by atoms with Crippen LogP contribution in [0.1, 0.15) is 53.9 Å². The first-order valence-corrected chi connectivity index (χ1v) is 13.5. The van der Waals surface area contributed by atoms with Gasteiger partial charge in [0, 0.05) is 31.0 Å². The highest BCUT2D eigenvalue weighted by molar-refractivity contribution is 5.94. The van der Waals surface area contributed by atoms with Gasteiger partial charge in [0.05, 0.1) is 6.07 Å². The molecule has 1 unspecified atom stereocenters. The Labute approximate surface area is 237 Å². The summed E-state index contributed by atoms with van der Waals surface area (Å²) in [6.07, 6.45) is -2.28. The molecule has 2 fully saturated rings. The molecule has 0 aliphatic carbocycles. The zero-order chi connectivity index (χ0) is 31.1. The molecular formula is C27H39F3N6O5. The number of amides is 5. The lowest BCUT2D eigenvalue weighted by Crippen LogP contribution is -2.62. The van der Waals surface area contributed by atoms with Crippen molar-refractivity contribution in [1.82, 2.24) is 26.2 Å². The van der Waals surface area contributed by atoms with E-state index in [0.717, 1.165) is 10.5 Å². The van der Waals surface area contributed by atoms with Crippen molar-refractivity contribution in [3.8, 4) is 6.07 Å². The van der Waals surface area contributed by atoms with Crippen molar-refractivity contribution in [2.24, 2.45) is 23.2 Å². The van der Waals surface area contributed by atoms with E-state index in [4.69, 9.17) is 0 Å². The number of alkyl halides is 3. The molecule has 2 heterocycles. The molecule has 11 nitrogen and oxygen atoms in total. The summed E-state index contributed by atoms with van der Waals surface area (Å²) in [6, 6.07) is -1.94. The van der Waals surface area contributed by atoms with Gasteiger partial charge in [0.15, 0.2) is 0 Å². The molecule has 4 N–H and O–H groups in total. The largest absolute Gasteiger partial charge is 0.471 e. The number of nitriles is 1. The summed E-state index contributed by atoms with van der Waals surface area (Å²) in [4.78, 5) is 63.7. The van der Waals surface area contributed by atoms with Gasteiger partial charge in [-0.2, -0.15) is 18.4 Å². The number of carbonyl (C=O) groups is 5. The van der Waals surface area contributed by atoms with Crippen LogP contribution in [-0.2, 0) is 24.0 Å². The van der Waals surface area contributed by atoms with Crippen LogP contribution < -0.4 is 21.3 Å². The molecule has 0 aromatic rings. The number of likely N-dealkylation sites (tertiary alicyclic amines) is 1. The van der Waals surface area contributed by atoms with Crippen LogP contribution in [0.15, 0.2) is 11.6 Å². The van der Waals surface area contributed by atoms with E-state index in [1.165, 1.54) is 13.8 Å². The fourth-order valence-electron chi connectivity index (χ4n) is 5.26. The number of halogens is 3. The van der Waals surface area contributed by atoms with Gasteiger partial charge in [-0.3, -0.25) is 24.0 Å². The molecule has 14 heteroatoms. The molecule has 0 aromatic carbocycles. The molecule has 0 saturated carbocycles. The Kier molecular flexibility index (Phi) is 11.3. The van der Waals surface area contributed by atoms with Gasteiger partial charge >= 0.3 is 12.1 Å². The van der Waals surface area contributed by atoms with Gasteiger partial charge in [0.1, 0.15) is 18.1 Å².